The van der Waals surface area contributed by atoms with Crippen LogP contribution in [0, 0.1) is 6.92 Å². The van der Waals surface area contributed by atoms with Crippen LogP contribution in [0.5, 0.6) is 11.5 Å². The Hall–Kier alpha value is -3.02. The topological polar surface area (TPSA) is 67.9 Å². The Morgan fingerprint density at radius 1 is 1.03 bits per heavy atom. The van der Waals surface area contributed by atoms with Gasteiger partial charge in [-0.15, -0.1) is 0 Å². The highest BCUT2D eigenvalue weighted by Gasteiger charge is 2.23. The Bertz CT molecular complexity index is 874. The summed E-state index contributed by atoms with van der Waals surface area (Å²) in [6, 6.07) is 15.7. The highest BCUT2D eigenvalue weighted by atomic mass is 16.5. The lowest BCUT2D eigenvalue weighted by Crippen LogP contribution is -2.46. The van der Waals surface area contributed by atoms with Gasteiger partial charge in [0.2, 0.25) is 11.8 Å². The number of hydrogen-bond acceptors (Lipinski definition) is 4. The minimum atomic E-state index is 0.0206. The highest BCUT2D eigenvalue weighted by Crippen LogP contribution is 2.17. The number of hydrogen-bond donors (Lipinski definition) is 1. The van der Waals surface area contributed by atoms with Gasteiger partial charge in [-0.05, 0) is 62.4 Å². The van der Waals surface area contributed by atoms with Crippen LogP contribution in [0.3, 0.4) is 0 Å². The summed E-state index contributed by atoms with van der Waals surface area (Å²) < 4.78 is 11.2. The van der Waals surface area contributed by atoms with Gasteiger partial charge in [-0.3, -0.25) is 9.59 Å². The molecule has 0 aromatic heterocycles. The summed E-state index contributed by atoms with van der Waals surface area (Å²) in [6.45, 7) is 6.50. The van der Waals surface area contributed by atoms with E-state index in [4.69, 9.17) is 9.47 Å². The Morgan fingerprint density at radius 2 is 1.75 bits per heavy atom. The average Bonchev–Trinajstić information content (AvgIpc) is 2.79. The maximum Gasteiger partial charge on any atom is 0.224 e. The van der Waals surface area contributed by atoms with Crippen molar-refractivity contribution in [3.63, 3.8) is 0 Å². The summed E-state index contributed by atoms with van der Waals surface area (Å²) in [6.07, 6.45) is 3.12. The van der Waals surface area contributed by atoms with Crippen molar-refractivity contribution in [2.24, 2.45) is 0 Å². The van der Waals surface area contributed by atoms with Gasteiger partial charge in [0.25, 0.3) is 0 Å². The molecule has 0 radical (unpaired) electrons. The smallest absolute Gasteiger partial charge is 0.224 e. The zero-order valence-electron chi connectivity index (χ0n) is 19.1. The number of carbonyl (C=O) groups is 2. The molecular weight excluding hydrogens is 404 g/mol. The number of aryl methyl sites for hydroxylation is 1. The van der Waals surface area contributed by atoms with E-state index in [-0.39, 0.29) is 17.9 Å². The number of para-hydroxylation sites is 1. The number of likely N-dealkylation sites (tertiary alicyclic amines) is 1. The molecule has 0 bridgehead atoms. The Kier molecular flexibility index (Phi) is 8.96. The molecule has 2 aromatic rings. The first-order valence-corrected chi connectivity index (χ1v) is 11.5. The van der Waals surface area contributed by atoms with E-state index in [0.29, 0.717) is 45.6 Å². The van der Waals surface area contributed by atoms with Crippen molar-refractivity contribution >= 4 is 11.8 Å². The molecule has 0 aliphatic carbocycles. The van der Waals surface area contributed by atoms with Gasteiger partial charge in [0.1, 0.15) is 11.5 Å². The lowest BCUT2D eigenvalue weighted by molar-refractivity contribution is -0.132. The van der Waals surface area contributed by atoms with Crippen LogP contribution in [-0.2, 0) is 16.0 Å². The van der Waals surface area contributed by atoms with Crippen LogP contribution in [0.2, 0.25) is 0 Å². The van der Waals surface area contributed by atoms with Gasteiger partial charge in [-0.2, -0.15) is 0 Å². The van der Waals surface area contributed by atoms with Crippen molar-refractivity contribution in [2.45, 2.75) is 52.0 Å². The SMILES string of the molecule is CCOc1ccc(CC(=O)NC2CCN(C(=O)CCCOc3ccccc3C)CC2)cc1. The summed E-state index contributed by atoms with van der Waals surface area (Å²) in [7, 11) is 0. The standard InChI is InChI=1S/C26H34N2O4/c1-3-31-23-12-10-21(11-13-23)19-25(29)27-22-14-16-28(17-15-22)26(30)9-6-18-32-24-8-5-4-7-20(24)2/h4-5,7-8,10-13,22H,3,6,9,14-19H2,1-2H3,(H,27,29). The fourth-order valence-corrected chi connectivity index (χ4v) is 3.89. The van der Waals surface area contributed by atoms with Gasteiger partial charge < -0.3 is 19.7 Å². The third-order valence-corrected chi connectivity index (χ3v) is 5.70. The summed E-state index contributed by atoms with van der Waals surface area (Å²) in [4.78, 5) is 26.8. The number of benzene rings is 2. The summed E-state index contributed by atoms with van der Waals surface area (Å²) in [5.74, 6) is 1.88. The molecule has 0 spiro atoms. The van der Waals surface area contributed by atoms with Crippen LogP contribution in [-0.4, -0.2) is 49.1 Å². The molecule has 1 aliphatic heterocycles. The highest BCUT2D eigenvalue weighted by molar-refractivity contribution is 5.79. The zero-order valence-corrected chi connectivity index (χ0v) is 19.1. The fourth-order valence-electron chi connectivity index (χ4n) is 3.89. The molecule has 1 fully saturated rings. The van der Waals surface area contributed by atoms with E-state index in [9.17, 15) is 9.59 Å². The summed E-state index contributed by atoms with van der Waals surface area (Å²) in [5, 5.41) is 3.11. The molecule has 172 valence electrons. The van der Waals surface area contributed by atoms with E-state index in [1.54, 1.807) is 0 Å². The van der Waals surface area contributed by atoms with Crippen molar-refractivity contribution in [3.05, 3.63) is 59.7 Å². The van der Waals surface area contributed by atoms with Crippen LogP contribution in [0.4, 0.5) is 0 Å². The largest absolute Gasteiger partial charge is 0.494 e. The van der Waals surface area contributed by atoms with E-state index in [1.165, 1.54) is 0 Å². The molecule has 6 heteroatoms. The third kappa shape index (κ3) is 7.29. The minimum Gasteiger partial charge on any atom is -0.494 e. The van der Waals surface area contributed by atoms with Gasteiger partial charge in [0, 0.05) is 25.6 Å². The maximum absolute atomic E-state index is 12.5. The summed E-state index contributed by atoms with van der Waals surface area (Å²) >= 11 is 0. The maximum atomic E-state index is 12.5. The van der Waals surface area contributed by atoms with Gasteiger partial charge in [-0.25, -0.2) is 0 Å². The van der Waals surface area contributed by atoms with E-state index < -0.39 is 0 Å². The van der Waals surface area contributed by atoms with Crippen molar-refractivity contribution in [3.8, 4) is 11.5 Å². The molecule has 1 heterocycles. The van der Waals surface area contributed by atoms with E-state index in [1.807, 2.05) is 67.3 Å². The van der Waals surface area contributed by atoms with Gasteiger partial charge in [0.05, 0.1) is 19.6 Å². The Labute approximate surface area is 190 Å². The first-order chi connectivity index (χ1) is 15.5. The predicted molar refractivity (Wildman–Crippen MR) is 125 cm³/mol. The minimum absolute atomic E-state index is 0.0206. The molecule has 1 N–H and O–H groups in total. The molecule has 0 saturated carbocycles. The van der Waals surface area contributed by atoms with Crippen LogP contribution in [0.25, 0.3) is 0 Å². The molecule has 3 rings (SSSR count). The second-order valence-corrected chi connectivity index (χ2v) is 8.19. The quantitative estimate of drug-likeness (QED) is 0.571. The van der Waals surface area contributed by atoms with Crippen molar-refractivity contribution < 1.29 is 19.1 Å². The number of carbonyl (C=O) groups excluding carboxylic acids is 2. The normalized spacial score (nSPS) is 14.1. The first kappa shape index (κ1) is 23.6. The number of nitrogens with one attached hydrogen (secondary N) is 1. The number of rotatable bonds is 10. The number of ether oxygens (including phenoxy) is 2. The first-order valence-electron chi connectivity index (χ1n) is 11.5. The third-order valence-electron chi connectivity index (χ3n) is 5.70. The fraction of sp³-hybridized carbons (Fsp3) is 0.462. The molecule has 1 aliphatic rings. The Morgan fingerprint density at radius 3 is 2.44 bits per heavy atom. The molecular formula is C26H34N2O4. The Balaban J connectivity index is 1.32. The monoisotopic (exact) mass is 438 g/mol. The average molecular weight is 439 g/mol. The number of amides is 2. The number of piperidine rings is 1. The second-order valence-electron chi connectivity index (χ2n) is 8.19. The second kappa shape index (κ2) is 12.1. The number of nitrogens with zero attached hydrogens (tertiary/aromatic N) is 1. The van der Waals surface area contributed by atoms with Crippen molar-refractivity contribution in [1.82, 2.24) is 10.2 Å². The molecule has 6 nitrogen and oxygen atoms in total. The van der Waals surface area contributed by atoms with Crippen LogP contribution in [0.15, 0.2) is 48.5 Å². The molecule has 32 heavy (non-hydrogen) atoms. The van der Waals surface area contributed by atoms with E-state index in [2.05, 4.69) is 5.32 Å². The molecule has 1 saturated heterocycles. The summed E-state index contributed by atoms with van der Waals surface area (Å²) in [5.41, 5.74) is 2.07. The zero-order chi connectivity index (χ0) is 22.8. The molecule has 2 aromatic carbocycles. The van der Waals surface area contributed by atoms with Crippen LogP contribution < -0.4 is 14.8 Å². The molecule has 0 unspecified atom stereocenters. The van der Waals surface area contributed by atoms with Gasteiger partial charge in [0.15, 0.2) is 0 Å². The lowest BCUT2D eigenvalue weighted by Gasteiger charge is -2.32. The lowest BCUT2D eigenvalue weighted by atomic mass is 10.0. The van der Waals surface area contributed by atoms with Crippen LogP contribution >= 0.6 is 0 Å². The van der Waals surface area contributed by atoms with Crippen LogP contribution in [0.1, 0.15) is 43.7 Å². The van der Waals surface area contributed by atoms with Crippen molar-refractivity contribution in [1.29, 1.82) is 0 Å². The van der Waals surface area contributed by atoms with E-state index >= 15 is 0 Å². The van der Waals surface area contributed by atoms with Gasteiger partial charge in [-0.1, -0.05) is 30.3 Å². The van der Waals surface area contributed by atoms with E-state index in [0.717, 1.165) is 35.5 Å². The molecule has 0 atom stereocenters. The predicted octanol–water partition coefficient (Wildman–Crippen LogP) is 3.90. The molecule has 2 amide bonds. The van der Waals surface area contributed by atoms with Crippen molar-refractivity contribution in [2.75, 3.05) is 26.3 Å². The van der Waals surface area contributed by atoms with Gasteiger partial charge >= 0.3 is 0 Å².